The van der Waals surface area contributed by atoms with E-state index in [1.807, 2.05) is 42.5 Å². The molecule has 0 radical (unpaired) electrons. The Bertz CT molecular complexity index is 889. The van der Waals surface area contributed by atoms with Gasteiger partial charge in [-0.25, -0.2) is 0 Å². The van der Waals surface area contributed by atoms with E-state index >= 15 is 0 Å². The summed E-state index contributed by atoms with van der Waals surface area (Å²) in [4.78, 5) is 37.8. The molecule has 1 aliphatic heterocycles. The molecule has 26 heavy (non-hydrogen) atoms. The number of amides is 3. The van der Waals surface area contributed by atoms with E-state index in [2.05, 4.69) is 5.32 Å². The Labute approximate surface area is 155 Å². The first kappa shape index (κ1) is 18.2. The number of carbonyl (C=O) groups is 3. The second-order valence-corrected chi connectivity index (χ2v) is 6.67. The molecule has 1 aliphatic rings. The molecular formula is C19H18N2O4S. The van der Waals surface area contributed by atoms with E-state index in [-0.39, 0.29) is 6.54 Å². The summed E-state index contributed by atoms with van der Waals surface area (Å²) in [5.41, 5.74) is 0.859. The van der Waals surface area contributed by atoms with Crippen LogP contribution in [0.15, 0.2) is 47.4 Å². The number of nitrogens with zero attached hydrogens (tertiary/aromatic N) is 1. The fraction of sp³-hybridized carbons (Fsp3) is 0.211. The summed E-state index contributed by atoms with van der Waals surface area (Å²) in [6, 6.07) is 13.6. The maximum atomic E-state index is 12.5. The highest BCUT2D eigenvalue weighted by Crippen LogP contribution is 2.33. The number of thioether (sulfide) groups is 1. The molecule has 6 nitrogen and oxygen atoms in total. The molecular weight excluding hydrogens is 352 g/mol. The smallest absolute Gasteiger partial charge is 0.294 e. The van der Waals surface area contributed by atoms with Gasteiger partial charge in [-0.1, -0.05) is 42.5 Å². The average Bonchev–Trinajstić information content (AvgIpc) is 2.90. The summed E-state index contributed by atoms with van der Waals surface area (Å²) in [6.45, 7) is 0.410. The topological polar surface area (TPSA) is 75.7 Å². The summed E-state index contributed by atoms with van der Waals surface area (Å²) in [6.07, 6.45) is 1.70. The normalized spacial score (nSPS) is 15.9. The van der Waals surface area contributed by atoms with Crippen molar-refractivity contribution in [3.63, 3.8) is 0 Å². The summed E-state index contributed by atoms with van der Waals surface area (Å²) in [5, 5.41) is 4.21. The van der Waals surface area contributed by atoms with Crippen LogP contribution in [0.25, 0.3) is 16.8 Å². The molecule has 1 N–H and O–H groups in total. The SMILES string of the molecule is COCCNC(=O)CN1C(=O)S/C(=C\c2cccc3ccccc23)C1=O. The Kier molecular flexibility index (Phi) is 5.70. The van der Waals surface area contributed by atoms with Crippen molar-refractivity contribution in [2.24, 2.45) is 0 Å². The van der Waals surface area contributed by atoms with Crippen LogP contribution in [0.4, 0.5) is 4.79 Å². The van der Waals surface area contributed by atoms with Crippen molar-refractivity contribution in [2.75, 3.05) is 26.8 Å². The van der Waals surface area contributed by atoms with Gasteiger partial charge in [-0.3, -0.25) is 19.3 Å². The molecule has 2 aromatic rings. The second kappa shape index (κ2) is 8.16. The molecule has 3 rings (SSSR count). The van der Waals surface area contributed by atoms with Crippen molar-refractivity contribution in [3.05, 3.63) is 52.9 Å². The van der Waals surface area contributed by atoms with Crippen molar-refractivity contribution < 1.29 is 19.1 Å². The van der Waals surface area contributed by atoms with E-state index in [1.54, 1.807) is 6.08 Å². The Balaban J connectivity index is 1.78. The molecule has 134 valence electrons. The van der Waals surface area contributed by atoms with Crippen LogP contribution in [0.5, 0.6) is 0 Å². The van der Waals surface area contributed by atoms with Crippen LogP contribution in [0.3, 0.4) is 0 Å². The van der Waals surface area contributed by atoms with E-state index in [9.17, 15) is 14.4 Å². The van der Waals surface area contributed by atoms with Gasteiger partial charge < -0.3 is 10.1 Å². The summed E-state index contributed by atoms with van der Waals surface area (Å²) in [7, 11) is 1.53. The lowest BCUT2D eigenvalue weighted by Crippen LogP contribution is -2.40. The van der Waals surface area contributed by atoms with Gasteiger partial charge in [0.15, 0.2) is 0 Å². The number of ether oxygens (including phenoxy) is 1. The number of imide groups is 1. The summed E-state index contributed by atoms with van der Waals surface area (Å²) in [5.74, 6) is -0.842. The van der Waals surface area contributed by atoms with Crippen LogP contribution in [0.1, 0.15) is 5.56 Å². The van der Waals surface area contributed by atoms with Gasteiger partial charge in [0.05, 0.1) is 11.5 Å². The van der Waals surface area contributed by atoms with Crippen LogP contribution in [-0.2, 0) is 14.3 Å². The first-order valence-corrected chi connectivity index (χ1v) is 8.90. The molecule has 0 bridgehead atoms. The highest BCUT2D eigenvalue weighted by atomic mass is 32.2. The van der Waals surface area contributed by atoms with Gasteiger partial charge in [0.25, 0.3) is 11.1 Å². The third-order valence-corrected chi connectivity index (χ3v) is 4.82. The molecule has 1 saturated heterocycles. The quantitative estimate of drug-likeness (QED) is 0.625. The van der Waals surface area contributed by atoms with Crippen molar-refractivity contribution >= 4 is 45.7 Å². The zero-order valence-corrected chi connectivity index (χ0v) is 15.0. The number of methoxy groups -OCH3 is 1. The summed E-state index contributed by atoms with van der Waals surface area (Å²) >= 11 is 0.849. The Hall–Kier alpha value is -2.64. The zero-order chi connectivity index (χ0) is 18.5. The Morgan fingerprint density at radius 1 is 1.19 bits per heavy atom. The van der Waals surface area contributed by atoms with Crippen LogP contribution in [0, 0.1) is 0 Å². The molecule has 0 unspecified atom stereocenters. The van der Waals surface area contributed by atoms with E-state index in [0.29, 0.717) is 18.1 Å². The minimum absolute atomic E-state index is 0.290. The molecule has 2 aromatic carbocycles. The van der Waals surface area contributed by atoms with Gasteiger partial charge in [0, 0.05) is 13.7 Å². The van der Waals surface area contributed by atoms with E-state index in [0.717, 1.165) is 33.0 Å². The fourth-order valence-electron chi connectivity index (χ4n) is 2.65. The number of hydrogen-bond acceptors (Lipinski definition) is 5. The lowest BCUT2D eigenvalue weighted by molar-refractivity contribution is -0.129. The first-order chi connectivity index (χ1) is 12.6. The number of benzene rings is 2. The van der Waals surface area contributed by atoms with Gasteiger partial charge in [0.2, 0.25) is 5.91 Å². The number of nitrogens with one attached hydrogen (secondary N) is 1. The van der Waals surface area contributed by atoms with Crippen LogP contribution in [-0.4, -0.2) is 48.8 Å². The van der Waals surface area contributed by atoms with Crippen LogP contribution in [0.2, 0.25) is 0 Å². The molecule has 3 amide bonds. The predicted molar refractivity (Wildman–Crippen MR) is 102 cm³/mol. The van der Waals surface area contributed by atoms with Gasteiger partial charge in [-0.15, -0.1) is 0 Å². The number of fused-ring (bicyclic) bond motifs is 1. The summed E-state index contributed by atoms with van der Waals surface area (Å²) < 4.78 is 4.85. The van der Waals surface area contributed by atoms with Gasteiger partial charge in [-0.05, 0) is 34.2 Å². The minimum Gasteiger partial charge on any atom is -0.383 e. The van der Waals surface area contributed by atoms with Crippen LogP contribution < -0.4 is 5.32 Å². The number of hydrogen-bond donors (Lipinski definition) is 1. The van der Waals surface area contributed by atoms with Gasteiger partial charge in [0.1, 0.15) is 6.54 Å². The van der Waals surface area contributed by atoms with Crippen LogP contribution >= 0.6 is 11.8 Å². The highest BCUT2D eigenvalue weighted by Gasteiger charge is 2.36. The van der Waals surface area contributed by atoms with E-state index in [1.165, 1.54) is 7.11 Å². The van der Waals surface area contributed by atoms with E-state index < -0.39 is 17.1 Å². The predicted octanol–water partition coefficient (Wildman–Crippen LogP) is 2.64. The average molecular weight is 370 g/mol. The molecule has 0 saturated carbocycles. The first-order valence-electron chi connectivity index (χ1n) is 8.09. The fourth-order valence-corrected chi connectivity index (χ4v) is 3.48. The van der Waals surface area contributed by atoms with Crippen molar-refractivity contribution in [2.45, 2.75) is 0 Å². The molecule has 1 heterocycles. The molecule has 1 fully saturated rings. The maximum Gasteiger partial charge on any atom is 0.294 e. The Morgan fingerprint density at radius 2 is 1.96 bits per heavy atom. The lowest BCUT2D eigenvalue weighted by Gasteiger charge is -2.12. The number of rotatable bonds is 6. The van der Waals surface area contributed by atoms with Crippen molar-refractivity contribution in [3.8, 4) is 0 Å². The molecule has 0 aliphatic carbocycles. The van der Waals surface area contributed by atoms with E-state index in [4.69, 9.17) is 4.74 Å². The largest absolute Gasteiger partial charge is 0.383 e. The Morgan fingerprint density at radius 3 is 2.77 bits per heavy atom. The molecule has 0 atom stereocenters. The highest BCUT2D eigenvalue weighted by molar-refractivity contribution is 8.18. The zero-order valence-electron chi connectivity index (χ0n) is 14.2. The number of carbonyl (C=O) groups excluding carboxylic acids is 3. The van der Waals surface area contributed by atoms with Gasteiger partial charge in [-0.2, -0.15) is 0 Å². The monoisotopic (exact) mass is 370 g/mol. The maximum absolute atomic E-state index is 12.5. The van der Waals surface area contributed by atoms with Gasteiger partial charge >= 0.3 is 0 Å². The third kappa shape index (κ3) is 3.95. The molecule has 0 aromatic heterocycles. The second-order valence-electron chi connectivity index (χ2n) is 5.68. The molecule has 0 spiro atoms. The third-order valence-electron chi connectivity index (χ3n) is 3.91. The van der Waals surface area contributed by atoms with Crippen molar-refractivity contribution in [1.29, 1.82) is 0 Å². The lowest BCUT2D eigenvalue weighted by atomic mass is 10.0. The minimum atomic E-state index is -0.449. The standard InChI is InChI=1S/C19H18N2O4S/c1-25-10-9-20-17(22)12-21-18(23)16(26-19(21)24)11-14-7-4-6-13-5-2-3-8-15(13)14/h2-8,11H,9-10,12H2,1H3,(H,20,22)/b16-11-. The molecule has 7 heteroatoms. The van der Waals surface area contributed by atoms with Crippen molar-refractivity contribution in [1.82, 2.24) is 10.2 Å².